The van der Waals surface area contributed by atoms with E-state index in [-0.39, 0.29) is 15.6 Å². The molecular weight excluding hydrogens is 358 g/mol. The first kappa shape index (κ1) is 17.5. The molecule has 1 aromatic rings. The minimum atomic E-state index is -2.12. The van der Waals surface area contributed by atoms with Gasteiger partial charge >= 0.3 is 5.69 Å². The Morgan fingerprint density at radius 2 is 1.90 bits per heavy atom. The summed E-state index contributed by atoms with van der Waals surface area (Å²) in [5.41, 5.74) is 0.0607. The van der Waals surface area contributed by atoms with Crippen molar-refractivity contribution in [3.05, 3.63) is 26.7 Å². The summed E-state index contributed by atoms with van der Waals surface area (Å²) in [4.78, 5) is 11.6. The van der Waals surface area contributed by atoms with E-state index in [1.54, 1.807) is 12.1 Å². The van der Waals surface area contributed by atoms with Crippen LogP contribution >= 0.6 is 27.7 Å². The zero-order valence-electron chi connectivity index (χ0n) is 12.6. The normalized spacial score (nSPS) is 12.3. The number of rotatable bonds is 4. The van der Waals surface area contributed by atoms with Crippen molar-refractivity contribution in [1.82, 2.24) is 0 Å². The summed E-state index contributed by atoms with van der Waals surface area (Å²) in [6.07, 6.45) is 1.82. The first-order valence-corrected chi connectivity index (χ1v) is 11.1. The first-order chi connectivity index (χ1) is 8.99. The van der Waals surface area contributed by atoms with Crippen LogP contribution in [0.4, 0.5) is 5.69 Å². The van der Waals surface area contributed by atoms with E-state index in [1.165, 1.54) is 11.8 Å². The molecule has 0 bridgehead atoms. The average Bonchev–Trinajstić information content (AvgIpc) is 2.25. The topological polar surface area (TPSA) is 52.4 Å². The molecule has 0 radical (unpaired) electrons. The van der Waals surface area contributed by atoms with E-state index in [4.69, 9.17) is 4.43 Å². The predicted molar refractivity (Wildman–Crippen MR) is 90.4 cm³/mol. The quantitative estimate of drug-likeness (QED) is 0.302. The third-order valence-corrected chi connectivity index (χ3v) is 9.13. The van der Waals surface area contributed by atoms with Crippen LogP contribution in [0.3, 0.4) is 0 Å². The molecule has 0 fully saturated rings. The predicted octanol–water partition coefficient (Wildman–Crippen LogP) is 5.46. The highest BCUT2D eigenvalue weighted by molar-refractivity contribution is 9.10. The molecule has 0 saturated heterocycles. The molecule has 20 heavy (non-hydrogen) atoms. The van der Waals surface area contributed by atoms with Crippen molar-refractivity contribution >= 4 is 41.7 Å². The highest BCUT2D eigenvalue weighted by atomic mass is 79.9. The van der Waals surface area contributed by atoms with Crippen molar-refractivity contribution in [2.24, 2.45) is 0 Å². The molecule has 112 valence electrons. The first-order valence-electron chi connectivity index (χ1n) is 6.20. The summed E-state index contributed by atoms with van der Waals surface area (Å²) in [6.45, 7) is 10.5. The maximum absolute atomic E-state index is 11.4. The standard InChI is InChI=1S/C13H20BrNO3SSi/c1-13(2,3)20(5,6)18-10-7-9(14)8-11(19-4)12(10)15(16)17/h7-8H,1-6H3. The van der Waals surface area contributed by atoms with Crippen LogP contribution in [-0.4, -0.2) is 19.5 Å². The third kappa shape index (κ3) is 3.77. The van der Waals surface area contributed by atoms with Crippen molar-refractivity contribution in [3.8, 4) is 5.75 Å². The molecule has 0 aliphatic carbocycles. The van der Waals surface area contributed by atoms with E-state index in [2.05, 4.69) is 49.8 Å². The molecule has 4 nitrogen and oxygen atoms in total. The minimum absolute atomic E-state index is 0.0112. The van der Waals surface area contributed by atoms with E-state index >= 15 is 0 Å². The fraction of sp³-hybridized carbons (Fsp3) is 0.538. The van der Waals surface area contributed by atoms with Gasteiger partial charge in [0.25, 0.3) is 8.32 Å². The molecule has 1 rings (SSSR count). The van der Waals surface area contributed by atoms with Crippen LogP contribution in [0, 0.1) is 10.1 Å². The molecule has 0 atom stereocenters. The fourth-order valence-corrected chi connectivity index (χ4v) is 3.60. The zero-order valence-corrected chi connectivity index (χ0v) is 16.0. The Labute approximate surface area is 133 Å². The SMILES string of the molecule is CSc1cc(Br)cc(O[Si](C)(C)C(C)(C)C)c1[N+](=O)[O-]. The summed E-state index contributed by atoms with van der Waals surface area (Å²) in [6, 6.07) is 3.44. The number of thioether (sulfide) groups is 1. The van der Waals surface area contributed by atoms with Crippen LogP contribution < -0.4 is 4.43 Å². The molecule has 0 heterocycles. The van der Waals surface area contributed by atoms with Gasteiger partial charge in [-0.3, -0.25) is 10.1 Å². The van der Waals surface area contributed by atoms with Crippen LogP contribution in [0.15, 0.2) is 21.5 Å². The van der Waals surface area contributed by atoms with Gasteiger partial charge in [-0.05, 0) is 30.5 Å². The highest BCUT2D eigenvalue weighted by Crippen LogP contribution is 2.44. The molecular formula is C13H20BrNO3SSi. The Hall–Kier alpha value is -0.533. The lowest BCUT2D eigenvalue weighted by atomic mass is 10.2. The van der Waals surface area contributed by atoms with Crippen molar-refractivity contribution in [2.45, 2.75) is 43.8 Å². The second kappa shape index (κ2) is 6.07. The number of hydrogen-bond donors (Lipinski definition) is 0. The second-order valence-electron chi connectivity index (χ2n) is 6.07. The highest BCUT2D eigenvalue weighted by Gasteiger charge is 2.40. The second-order valence-corrected chi connectivity index (χ2v) is 12.6. The van der Waals surface area contributed by atoms with Crippen LogP contribution in [0.1, 0.15) is 20.8 Å². The maximum atomic E-state index is 11.4. The van der Waals surface area contributed by atoms with Crippen LogP contribution in [0.25, 0.3) is 0 Å². The number of benzene rings is 1. The molecule has 1 aromatic carbocycles. The monoisotopic (exact) mass is 377 g/mol. The van der Waals surface area contributed by atoms with Gasteiger partial charge in [0, 0.05) is 10.5 Å². The molecule has 7 heteroatoms. The van der Waals surface area contributed by atoms with Crippen LogP contribution in [-0.2, 0) is 0 Å². The van der Waals surface area contributed by atoms with E-state index in [1.807, 2.05) is 6.26 Å². The van der Waals surface area contributed by atoms with E-state index in [0.717, 1.165) is 4.47 Å². The fourth-order valence-electron chi connectivity index (χ4n) is 1.39. The Bertz CT molecular complexity index is 529. The van der Waals surface area contributed by atoms with E-state index in [0.29, 0.717) is 10.6 Å². The molecule has 0 N–H and O–H groups in total. The van der Waals surface area contributed by atoms with Crippen molar-refractivity contribution in [1.29, 1.82) is 0 Å². The molecule has 0 unspecified atom stereocenters. The molecule has 0 aliphatic heterocycles. The third-order valence-electron chi connectivity index (χ3n) is 3.58. The largest absolute Gasteiger partial charge is 0.539 e. The zero-order chi connectivity index (χ0) is 15.7. The molecule has 0 aliphatic rings. The Morgan fingerprint density at radius 3 is 2.30 bits per heavy atom. The van der Waals surface area contributed by atoms with Gasteiger partial charge in [-0.2, -0.15) is 0 Å². The number of halogens is 1. The van der Waals surface area contributed by atoms with Crippen molar-refractivity contribution in [3.63, 3.8) is 0 Å². The Morgan fingerprint density at radius 1 is 1.35 bits per heavy atom. The van der Waals surface area contributed by atoms with Gasteiger partial charge in [0.15, 0.2) is 5.75 Å². The lowest BCUT2D eigenvalue weighted by molar-refractivity contribution is -0.388. The van der Waals surface area contributed by atoms with Crippen molar-refractivity contribution < 1.29 is 9.35 Å². The van der Waals surface area contributed by atoms with Gasteiger partial charge in [-0.1, -0.05) is 36.7 Å². The van der Waals surface area contributed by atoms with Crippen LogP contribution in [0.2, 0.25) is 18.1 Å². The maximum Gasteiger partial charge on any atom is 0.323 e. The molecule has 0 saturated carbocycles. The van der Waals surface area contributed by atoms with E-state index in [9.17, 15) is 10.1 Å². The number of nitro benzene ring substituents is 1. The molecule has 0 amide bonds. The van der Waals surface area contributed by atoms with Crippen molar-refractivity contribution in [2.75, 3.05) is 6.26 Å². The average molecular weight is 378 g/mol. The summed E-state index contributed by atoms with van der Waals surface area (Å²) < 4.78 is 6.93. The summed E-state index contributed by atoms with van der Waals surface area (Å²) in [5.74, 6) is 0.361. The van der Waals surface area contributed by atoms with Gasteiger partial charge in [0.05, 0.1) is 9.82 Å². The van der Waals surface area contributed by atoms with Gasteiger partial charge in [0.1, 0.15) is 0 Å². The van der Waals surface area contributed by atoms with Crippen LogP contribution in [0.5, 0.6) is 5.75 Å². The smallest absolute Gasteiger partial charge is 0.323 e. The number of nitrogens with zero attached hydrogens (tertiary/aromatic N) is 1. The Kier molecular flexibility index (Phi) is 5.32. The van der Waals surface area contributed by atoms with Gasteiger partial charge in [-0.25, -0.2) is 0 Å². The van der Waals surface area contributed by atoms with Gasteiger partial charge in [0.2, 0.25) is 0 Å². The molecule has 0 spiro atoms. The van der Waals surface area contributed by atoms with Gasteiger partial charge in [-0.15, -0.1) is 11.8 Å². The lowest BCUT2D eigenvalue weighted by Crippen LogP contribution is -2.44. The minimum Gasteiger partial charge on any atom is -0.539 e. The number of hydrogen-bond acceptors (Lipinski definition) is 4. The van der Waals surface area contributed by atoms with Gasteiger partial charge < -0.3 is 4.43 Å². The Balaban J connectivity index is 3.38. The summed E-state index contributed by atoms with van der Waals surface area (Å²) in [5, 5.41) is 11.3. The number of nitro groups is 1. The van der Waals surface area contributed by atoms with E-state index < -0.39 is 8.32 Å². The summed E-state index contributed by atoms with van der Waals surface area (Å²) in [7, 11) is -2.12. The summed E-state index contributed by atoms with van der Waals surface area (Å²) >= 11 is 4.74. The molecule has 0 aromatic heterocycles. The lowest BCUT2D eigenvalue weighted by Gasteiger charge is -2.36.